The summed E-state index contributed by atoms with van der Waals surface area (Å²) in [5.41, 5.74) is 1.58. The molecule has 16 heavy (non-hydrogen) atoms. The van der Waals surface area contributed by atoms with Gasteiger partial charge in [0.05, 0.1) is 12.7 Å². The van der Waals surface area contributed by atoms with E-state index in [2.05, 4.69) is 4.74 Å². The zero-order valence-electron chi connectivity index (χ0n) is 8.75. The van der Waals surface area contributed by atoms with E-state index in [0.29, 0.717) is 5.56 Å². The fourth-order valence-electron chi connectivity index (χ4n) is 0.912. The second kappa shape index (κ2) is 6.21. The molecule has 0 spiro atoms. The monoisotopic (exact) mass is 248 g/mol. The molecule has 0 unspecified atom stereocenters. The fraction of sp³-hybridized carbons (Fsp3) is 0.222. The molecule has 7 heteroatoms. The average Bonchev–Trinajstić information content (AvgIpc) is 2.15. The molecule has 0 heterocycles. The van der Waals surface area contributed by atoms with Gasteiger partial charge in [-0.25, -0.2) is 4.79 Å². The van der Waals surface area contributed by atoms with E-state index < -0.39 is 10.4 Å². The Bertz CT molecular complexity index is 443. The molecule has 0 aliphatic carbocycles. The number of carbonyl (C=O) groups is 1. The first-order valence-electron chi connectivity index (χ1n) is 4.09. The fourth-order valence-corrected chi connectivity index (χ4v) is 0.912. The van der Waals surface area contributed by atoms with Gasteiger partial charge >= 0.3 is 16.4 Å². The van der Waals surface area contributed by atoms with E-state index in [9.17, 15) is 4.79 Å². The van der Waals surface area contributed by atoms with Gasteiger partial charge in [-0.1, -0.05) is 18.2 Å². The van der Waals surface area contributed by atoms with Crippen molar-refractivity contribution >= 4 is 16.4 Å². The van der Waals surface area contributed by atoms with Gasteiger partial charge in [0.15, 0.2) is 0 Å². The minimum Gasteiger partial charge on any atom is -0.465 e. The molecular formula is C9H12O6S. The molecule has 0 saturated heterocycles. The maximum Gasteiger partial charge on any atom is 0.394 e. The van der Waals surface area contributed by atoms with Crippen molar-refractivity contribution in [2.75, 3.05) is 7.11 Å². The molecule has 6 nitrogen and oxygen atoms in total. The first-order chi connectivity index (χ1) is 7.25. The van der Waals surface area contributed by atoms with Crippen LogP contribution < -0.4 is 0 Å². The first kappa shape index (κ1) is 14.6. The van der Waals surface area contributed by atoms with Crippen molar-refractivity contribution in [3.05, 3.63) is 35.4 Å². The molecule has 2 N–H and O–H groups in total. The Hall–Kier alpha value is -1.44. The smallest absolute Gasteiger partial charge is 0.394 e. The lowest BCUT2D eigenvalue weighted by molar-refractivity contribution is 0.0600. The maximum atomic E-state index is 11.0. The summed E-state index contributed by atoms with van der Waals surface area (Å²) in [6, 6.07) is 7.34. The number of esters is 1. The summed E-state index contributed by atoms with van der Waals surface area (Å²) in [6.45, 7) is 1.88. The molecule has 0 radical (unpaired) electrons. The third kappa shape index (κ3) is 6.93. The number of hydrogen-bond donors (Lipinski definition) is 2. The van der Waals surface area contributed by atoms with Crippen LogP contribution in [0, 0.1) is 6.92 Å². The van der Waals surface area contributed by atoms with Crippen LogP contribution in [0.15, 0.2) is 24.3 Å². The van der Waals surface area contributed by atoms with Crippen molar-refractivity contribution in [3.8, 4) is 0 Å². The molecule has 0 saturated carbocycles. The Balaban J connectivity index is 0.000000385. The zero-order chi connectivity index (χ0) is 12.8. The summed E-state index contributed by atoms with van der Waals surface area (Å²) in [6.07, 6.45) is 0. The number of benzene rings is 1. The number of aryl methyl sites for hydroxylation is 1. The van der Waals surface area contributed by atoms with Crippen molar-refractivity contribution in [2.45, 2.75) is 6.92 Å². The van der Waals surface area contributed by atoms with Crippen LogP contribution in [-0.2, 0) is 15.1 Å². The Labute approximate surface area is 93.4 Å². The minimum atomic E-state index is -4.67. The van der Waals surface area contributed by atoms with Crippen LogP contribution in [0.1, 0.15) is 15.9 Å². The summed E-state index contributed by atoms with van der Waals surface area (Å²) in [4.78, 5) is 11.0. The van der Waals surface area contributed by atoms with Crippen LogP contribution in [0.4, 0.5) is 0 Å². The number of carbonyl (C=O) groups excluding carboxylic acids is 1. The van der Waals surface area contributed by atoms with Gasteiger partial charge in [0.2, 0.25) is 0 Å². The molecule has 1 rings (SSSR count). The SMILES string of the molecule is COC(=O)c1ccccc1C.O=S(=O)(O)O. The molecule has 0 aromatic heterocycles. The van der Waals surface area contributed by atoms with Crippen molar-refractivity contribution in [1.29, 1.82) is 0 Å². The second-order valence-electron chi connectivity index (χ2n) is 2.75. The van der Waals surface area contributed by atoms with Crippen molar-refractivity contribution in [1.82, 2.24) is 0 Å². The Morgan fingerprint density at radius 1 is 1.25 bits per heavy atom. The van der Waals surface area contributed by atoms with Gasteiger partial charge in [-0.3, -0.25) is 9.11 Å². The summed E-state index contributed by atoms with van der Waals surface area (Å²) < 4.78 is 36.2. The highest BCUT2D eigenvalue weighted by Crippen LogP contribution is 2.07. The van der Waals surface area contributed by atoms with E-state index in [1.807, 2.05) is 25.1 Å². The number of ether oxygens (including phenoxy) is 1. The van der Waals surface area contributed by atoms with Crippen LogP contribution in [-0.4, -0.2) is 30.6 Å². The van der Waals surface area contributed by atoms with Crippen LogP contribution in [0.25, 0.3) is 0 Å². The normalized spacial score (nSPS) is 10.0. The van der Waals surface area contributed by atoms with Gasteiger partial charge in [0.1, 0.15) is 0 Å². The number of hydrogen-bond acceptors (Lipinski definition) is 4. The van der Waals surface area contributed by atoms with Crippen molar-refractivity contribution in [2.24, 2.45) is 0 Å². The summed E-state index contributed by atoms with van der Waals surface area (Å²) in [5, 5.41) is 0. The molecule has 0 aliphatic heterocycles. The van der Waals surface area contributed by atoms with Gasteiger partial charge in [0.25, 0.3) is 0 Å². The summed E-state index contributed by atoms with van der Waals surface area (Å²) >= 11 is 0. The highest BCUT2D eigenvalue weighted by Gasteiger charge is 2.05. The van der Waals surface area contributed by atoms with Gasteiger partial charge in [-0.2, -0.15) is 8.42 Å². The summed E-state index contributed by atoms with van der Waals surface area (Å²) in [5.74, 6) is -0.275. The predicted molar refractivity (Wildman–Crippen MR) is 56.7 cm³/mol. The lowest BCUT2D eigenvalue weighted by Crippen LogP contribution is -2.02. The molecule has 1 aromatic rings. The van der Waals surface area contributed by atoms with E-state index >= 15 is 0 Å². The average molecular weight is 248 g/mol. The lowest BCUT2D eigenvalue weighted by atomic mass is 10.1. The molecule has 90 valence electrons. The summed E-state index contributed by atoms with van der Waals surface area (Å²) in [7, 11) is -3.28. The number of methoxy groups -OCH3 is 1. The van der Waals surface area contributed by atoms with Gasteiger partial charge in [-0.15, -0.1) is 0 Å². The number of rotatable bonds is 1. The minimum absolute atomic E-state index is 0.275. The Morgan fingerprint density at radius 3 is 2.06 bits per heavy atom. The topological polar surface area (TPSA) is 101 Å². The maximum absolute atomic E-state index is 11.0. The lowest BCUT2D eigenvalue weighted by Gasteiger charge is -2.00. The molecule has 0 amide bonds. The van der Waals surface area contributed by atoms with Gasteiger partial charge in [-0.05, 0) is 18.6 Å². The highest BCUT2D eigenvalue weighted by atomic mass is 32.3. The largest absolute Gasteiger partial charge is 0.465 e. The molecule has 0 atom stereocenters. The van der Waals surface area contributed by atoms with E-state index in [0.717, 1.165) is 5.56 Å². The molecule has 0 fully saturated rings. The van der Waals surface area contributed by atoms with Crippen LogP contribution in [0.3, 0.4) is 0 Å². The van der Waals surface area contributed by atoms with Crippen molar-refractivity contribution in [3.63, 3.8) is 0 Å². The van der Waals surface area contributed by atoms with E-state index in [1.165, 1.54) is 7.11 Å². The van der Waals surface area contributed by atoms with E-state index in [1.54, 1.807) is 6.07 Å². The van der Waals surface area contributed by atoms with Gasteiger partial charge < -0.3 is 4.74 Å². The molecule has 1 aromatic carbocycles. The highest BCUT2D eigenvalue weighted by molar-refractivity contribution is 7.79. The molecule has 0 bridgehead atoms. The van der Waals surface area contributed by atoms with Crippen LogP contribution in [0.5, 0.6) is 0 Å². The predicted octanol–water partition coefficient (Wildman–Crippen LogP) is 1.13. The van der Waals surface area contributed by atoms with Crippen LogP contribution in [0.2, 0.25) is 0 Å². The van der Waals surface area contributed by atoms with Crippen LogP contribution >= 0.6 is 0 Å². The Morgan fingerprint density at radius 2 is 1.69 bits per heavy atom. The standard InChI is InChI=1S/C9H10O2.H2O4S/c1-7-5-3-4-6-8(7)9(10)11-2;1-5(2,3)4/h3-6H,1-2H3;(H2,1,2,3,4). The quantitative estimate of drug-likeness (QED) is 0.570. The first-order valence-corrected chi connectivity index (χ1v) is 5.49. The third-order valence-electron chi connectivity index (χ3n) is 1.55. The third-order valence-corrected chi connectivity index (χ3v) is 1.55. The zero-order valence-corrected chi connectivity index (χ0v) is 9.56. The molecule has 0 aliphatic rings. The van der Waals surface area contributed by atoms with E-state index in [4.69, 9.17) is 17.5 Å². The van der Waals surface area contributed by atoms with Gasteiger partial charge in [0, 0.05) is 0 Å². The second-order valence-corrected chi connectivity index (χ2v) is 3.65. The van der Waals surface area contributed by atoms with Crippen molar-refractivity contribution < 1.29 is 27.1 Å². The molecular weight excluding hydrogens is 236 g/mol. The Kier molecular flexibility index (Phi) is 5.65. The van der Waals surface area contributed by atoms with E-state index in [-0.39, 0.29) is 5.97 Å².